The van der Waals surface area contributed by atoms with E-state index in [2.05, 4.69) is 55.4 Å². The molecule has 0 unspecified atom stereocenters. The Bertz CT molecular complexity index is 820. The summed E-state index contributed by atoms with van der Waals surface area (Å²) in [7, 11) is 0. The van der Waals surface area contributed by atoms with Gasteiger partial charge in [0.15, 0.2) is 5.11 Å². The molecule has 0 spiro atoms. The molecule has 5 nitrogen and oxygen atoms in total. The van der Waals surface area contributed by atoms with Gasteiger partial charge in [0.1, 0.15) is 5.57 Å². The van der Waals surface area contributed by atoms with Gasteiger partial charge >= 0.3 is 0 Å². The molecular weight excluding hydrogens is 346 g/mol. The summed E-state index contributed by atoms with van der Waals surface area (Å²) in [4.78, 5) is 26.7. The van der Waals surface area contributed by atoms with Crippen LogP contribution in [0, 0.1) is 6.92 Å². The van der Waals surface area contributed by atoms with Crippen LogP contribution >= 0.6 is 12.2 Å². The maximum absolute atomic E-state index is 12.1. The molecule has 1 atom stereocenters. The van der Waals surface area contributed by atoms with Crippen LogP contribution in [0.2, 0.25) is 0 Å². The van der Waals surface area contributed by atoms with Gasteiger partial charge in [-0.15, -0.1) is 0 Å². The van der Waals surface area contributed by atoms with Crippen LogP contribution in [-0.2, 0) is 9.59 Å². The van der Waals surface area contributed by atoms with E-state index in [0.29, 0.717) is 5.92 Å². The summed E-state index contributed by atoms with van der Waals surface area (Å²) in [5, 5.41) is 5.01. The third-order valence-electron chi connectivity index (χ3n) is 5.33. The van der Waals surface area contributed by atoms with Gasteiger partial charge in [0.05, 0.1) is 0 Å². The molecule has 0 aromatic heterocycles. The molecule has 6 heteroatoms. The predicted octanol–water partition coefficient (Wildman–Crippen LogP) is 3.02. The molecule has 0 radical (unpaired) electrons. The van der Waals surface area contributed by atoms with Crippen LogP contribution in [0.15, 0.2) is 17.7 Å². The zero-order valence-corrected chi connectivity index (χ0v) is 16.7. The van der Waals surface area contributed by atoms with Crippen molar-refractivity contribution in [1.82, 2.24) is 10.6 Å². The zero-order valence-electron chi connectivity index (χ0n) is 15.9. The maximum atomic E-state index is 12.1. The summed E-state index contributed by atoms with van der Waals surface area (Å²) in [6.45, 7) is 11.9. The SMILES string of the molecule is CCN1c2cc(C)c(C=C3C(=O)NC(=S)NC3=O)cc2[C@H](C)CC1(C)C. The Morgan fingerprint density at radius 3 is 2.46 bits per heavy atom. The highest BCUT2D eigenvalue weighted by Gasteiger charge is 2.36. The molecule has 1 aromatic carbocycles. The monoisotopic (exact) mass is 371 g/mol. The van der Waals surface area contributed by atoms with Gasteiger partial charge in [-0.05, 0) is 87.2 Å². The minimum absolute atomic E-state index is 0.0498. The Kier molecular flexibility index (Phi) is 4.65. The predicted molar refractivity (Wildman–Crippen MR) is 108 cm³/mol. The maximum Gasteiger partial charge on any atom is 0.263 e. The van der Waals surface area contributed by atoms with E-state index in [9.17, 15) is 9.59 Å². The molecule has 0 aliphatic carbocycles. The average molecular weight is 372 g/mol. The average Bonchev–Trinajstić information content (AvgIpc) is 2.51. The number of rotatable bonds is 2. The van der Waals surface area contributed by atoms with Gasteiger partial charge in [0.25, 0.3) is 11.8 Å². The first-order valence-corrected chi connectivity index (χ1v) is 9.35. The van der Waals surface area contributed by atoms with Crippen molar-refractivity contribution < 1.29 is 9.59 Å². The van der Waals surface area contributed by atoms with E-state index in [0.717, 1.165) is 24.1 Å². The Morgan fingerprint density at radius 1 is 1.27 bits per heavy atom. The molecule has 2 aliphatic rings. The lowest BCUT2D eigenvalue weighted by Gasteiger charge is -2.47. The normalized spacial score (nSPS) is 21.9. The molecule has 0 saturated carbocycles. The first-order valence-electron chi connectivity index (χ1n) is 8.94. The van der Waals surface area contributed by atoms with Crippen molar-refractivity contribution in [2.75, 3.05) is 11.4 Å². The topological polar surface area (TPSA) is 61.4 Å². The van der Waals surface area contributed by atoms with Crippen LogP contribution in [0.4, 0.5) is 5.69 Å². The molecule has 1 saturated heterocycles. The van der Waals surface area contributed by atoms with Crippen molar-refractivity contribution in [3.63, 3.8) is 0 Å². The van der Waals surface area contributed by atoms with E-state index in [1.54, 1.807) is 6.08 Å². The van der Waals surface area contributed by atoms with Crippen molar-refractivity contribution in [3.05, 3.63) is 34.4 Å². The summed E-state index contributed by atoms with van der Waals surface area (Å²) in [6.07, 6.45) is 2.72. The standard InChI is InChI=1S/C20H25N3O2S/c1-6-23-16-7-11(2)13(8-14(16)12(3)10-20(23,4)5)9-15-17(24)21-19(26)22-18(15)25/h7-9,12H,6,10H2,1-5H3,(H2,21,22,24,25,26)/t12-/m1/s1. The molecule has 26 heavy (non-hydrogen) atoms. The molecule has 2 heterocycles. The number of carbonyl (C=O) groups is 2. The lowest BCUT2D eigenvalue weighted by molar-refractivity contribution is -0.123. The fourth-order valence-corrected chi connectivity index (χ4v) is 4.35. The third kappa shape index (κ3) is 3.14. The van der Waals surface area contributed by atoms with E-state index < -0.39 is 11.8 Å². The van der Waals surface area contributed by atoms with Gasteiger partial charge in [-0.25, -0.2) is 0 Å². The third-order valence-corrected chi connectivity index (χ3v) is 5.54. The van der Waals surface area contributed by atoms with Crippen LogP contribution in [0.3, 0.4) is 0 Å². The highest BCUT2D eigenvalue weighted by molar-refractivity contribution is 7.80. The number of nitrogens with one attached hydrogen (secondary N) is 2. The summed E-state index contributed by atoms with van der Waals surface area (Å²) < 4.78 is 0. The number of thiocarbonyl (C=S) groups is 1. The van der Waals surface area contributed by atoms with Crippen LogP contribution < -0.4 is 15.5 Å². The first kappa shape index (κ1) is 18.6. The van der Waals surface area contributed by atoms with Crippen molar-refractivity contribution in [3.8, 4) is 0 Å². The van der Waals surface area contributed by atoms with Gasteiger partial charge in [0, 0.05) is 17.8 Å². The first-order chi connectivity index (χ1) is 12.1. The Labute approximate surface area is 159 Å². The molecular formula is C20H25N3O2S. The number of hydrogen-bond donors (Lipinski definition) is 2. The van der Waals surface area contributed by atoms with Crippen molar-refractivity contribution >= 4 is 40.9 Å². The Balaban J connectivity index is 2.08. The zero-order chi connectivity index (χ0) is 19.2. The van der Waals surface area contributed by atoms with Gasteiger partial charge < -0.3 is 4.90 Å². The van der Waals surface area contributed by atoms with Crippen molar-refractivity contribution in [1.29, 1.82) is 0 Å². The van der Waals surface area contributed by atoms with E-state index in [1.165, 1.54) is 11.3 Å². The molecule has 3 rings (SSSR count). The molecule has 1 aromatic rings. The molecule has 2 amide bonds. The van der Waals surface area contributed by atoms with Crippen LogP contribution in [0.5, 0.6) is 0 Å². The minimum Gasteiger partial charge on any atom is -0.366 e. The largest absolute Gasteiger partial charge is 0.366 e. The Morgan fingerprint density at radius 2 is 1.88 bits per heavy atom. The second kappa shape index (κ2) is 6.50. The number of aryl methyl sites for hydroxylation is 1. The number of nitrogens with zero attached hydrogens (tertiary/aromatic N) is 1. The van der Waals surface area contributed by atoms with Crippen LogP contribution in [0.25, 0.3) is 6.08 Å². The van der Waals surface area contributed by atoms with E-state index in [-0.39, 0.29) is 16.2 Å². The quantitative estimate of drug-likeness (QED) is 0.477. The number of carbonyl (C=O) groups excluding carboxylic acids is 2. The number of fused-ring (bicyclic) bond motifs is 1. The summed E-state index contributed by atoms with van der Waals surface area (Å²) in [5.74, 6) is -0.511. The van der Waals surface area contributed by atoms with Gasteiger partial charge in [0.2, 0.25) is 0 Å². The van der Waals surface area contributed by atoms with Crippen LogP contribution in [-0.4, -0.2) is 29.0 Å². The second-order valence-corrected chi connectivity index (χ2v) is 8.13. The number of hydrogen-bond acceptors (Lipinski definition) is 4. The van der Waals surface area contributed by atoms with Crippen molar-refractivity contribution in [2.45, 2.75) is 52.5 Å². The molecule has 1 fully saturated rings. The number of benzene rings is 1. The summed E-state index contributed by atoms with van der Waals surface area (Å²) in [5.41, 5.74) is 4.61. The Hall–Kier alpha value is -2.21. The fourth-order valence-electron chi connectivity index (χ4n) is 4.17. The summed E-state index contributed by atoms with van der Waals surface area (Å²) in [6, 6.07) is 4.29. The molecule has 2 aliphatic heterocycles. The van der Waals surface area contributed by atoms with E-state index in [4.69, 9.17) is 12.2 Å². The van der Waals surface area contributed by atoms with Gasteiger partial charge in [-0.2, -0.15) is 0 Å². The van der Waals surface area contributed by atoms with Crippen molar-refractivity contribution in [2.24, 2.45) is 0 Å². The van der Waals surface area contributed by atoms with Gasteiger partial charge in [-0.3, -0.25) is 20.2 Å². The van der Waals surface area contributed by atoms with Gasteiger partial charge in [-0.1, -0.05) is 6.92 Å². The highest BCUT2D eigenvalue weighted by Crippen LogP contribution is 2.44. The molecule has 138 valence electrons. The molecule has 2 N–H and O–H groups in total. The minimum atomic E-state index is -0.458. The number of anilines is 1. The second-order valence-electron chi connectivity index (χ2n) is 7.72. The smallest absolute Gasteiger partial charge is 0.263 e. The number of amides is 2. The van der Waals surface area contributed by atoms with E-state index in [1.807, 2.05) is 6.92 Å². The van der Waals surface area contributed by atoms with Crippen LogP contribution in [0.1, 0.15) is 56.7 Å². The lowest BCUT2D eigenvalue weighted by Crippen LogP contribution is -2.51. The molecule has 0 bridgehead atoms. The highest BCUT2D eigenvalue weighted by atomic mass is 32.1. The lowest BCUT2D eigenvalue weighted by atomic mass is 9.79. The van der Waals surface area contributed by atoms with E-state index >= 15 is 0 Å². The fraction of sp³-hybridized carbons (Fsp3) is 0.450. The summed E-state index contributed by atoms with van der Waals surface area (Å²) >= 11 is 4.85.